The third-order valence-corrected chi connectivity index (χ3v) is 7.40. The second-order valence-electron chi connectivity index (χ2n) is 9.17. The van der Waals surface area contributed by atoms with Gasteiger partial charge in [-0.2, -0.15) is 0 Å². The first-order valence-electron chi connectivity index (χ1n) is 11.9. The van der Waals surface area contributed by atoms with Gasteiger partial charge in [0.25, 0.3) is 0 Å². The second-order valence-corrected chi connectivity index (χ2v) is 10.3. The average molecular weight is 468 g/mol. The number of piperazine rings is 1. The van der Waals surface area contributed by atoms with Gasteiger partial charge in [0.2, 0.25) is 11.8 Å². The van der Waals surface area contributed by atoms with Gasteiger partial charge in [-0.1, -0.05) is 57.5 Å². The molecule has 2 amide bonds. The molecule has 5 nitrogen and oxygen atoms in total. The van der Waals surface area contributed by atoms with Crippen LogP contribution in [0.4, 0.5) is 0 Å². The molecule has 1 aliphatic rings. The van der Waals surface area contributed by atoms with Gasteiger partial charge in [-0.05, 0) is 65.6 Å². The van der Waals surface area contributed by atoms with Gasteiger partial charge in [-0.3, -0.25) is 9.59 Å². The summed E-state index contributed by atoms with van der Waals surface area (Å²) in [6.45, 7) is 12.4. The molecule has 2 aromatic carbocycles. The van der Waals surface area contributed by atoms with Crippen molar-refractivity contribution in [2.24, 2.45) is 0 Å². The van der Waals surface area contributed by atoms with Crippen LogP contribution in [0, 0.1) is 6.92 Å². The Hall–Kier alpha value is -2.31. The number of rotatable bonds is 8. The Morgan fingerprint density at radius 1 is 1.12 bits per heavy atom. The zero-order valence-corrected chi connectivity index (χ0v) is 21.4. The molecule has 3 rings (SSSR count). The van der Waals surface area contributed by atoms with Crippen LogP contribution in [0.2, 0.25) is 0 Å². The predicted molar refractivity (Wildman–Crippen MR) is 136 cm³/mol. The first-order valence-corrected chi connectivity index (χ1v) is 12.7. The fourth-order valence-corrected chi connectivity index (χ4v) is 5.12. The molecule has 1 saturated heterocycles. The molecule has 0 unspecified atom stereocenters. The van der Waals surface area contributed by atoms with Crippen molar-refractivity contribution in [3.8, 4) is 0 Å². The van der Waals surface area contributed by atoms with Gasteiger partial charge >= 0.3 is 0 Å². The minimum Gasteiger partial charge on any atom is -0.351 e. The number of carbonyl (C=O) groups excluding carboxylic acids is 2. The highest BCUT2D eigenvalue weighted by Crippen LogP contribution is 2.29. The first kappa shape index (κ1) is 25.3. The number of carbonyl (C=O) groups is 2. The largest absolute Gasteiger partial charge is 0.351 e. The van der Waals surface area contributed by atoms with Gasteiger partial charge in [0, 0.05) is 38.0 Å². The Balaban J connectivity index is 1.69. The Morgan fingerprint density at radius 3 is 2.45 bits per heavy atom. The van der Waals surface area contributed by atoms with E-state index >= 15 is 0 Å². The van der Waals surface area contributed by atoms with Gasteiger partial charge in [-0.25, -0.2) is 4.31 Å². The van der Waals surface area contributed by atoms with Crippen LogP contribution in [-0.4, -0.2) is 46.7 Å². The molecule has 0 aliphatic carbocycles. The van der Waals surface area contributed by atoms with Crippen molar-refractivity contribution < 1.29 is 9.59 Å². The lowest BCUT2D eigenvalue weighted by atomic mass is 10.0. The number of aryl methyl sites for hydroxylation is 2. The second kappa shape index (κ2) is 11.7. The van der Waals surface area contributed by atoms with Crippen LogP contribution >= 0.6 is 11.9 Å². The van der Waals surface area contributed by atoms with E-state index in [1.165, 1.54) is 16.7 Å². The maximum absolute atomic E-state index is 13.3. The van der Waals surface area contributed by atoms with Gasteiger partial charge in [-0.15, -0.1) is 0 Å². The van der Waals surface area contributed by atoms with Crippen molar-refractivity contribution in [3.05, 3.63) is 64.7 Å². The minimum absolute atomic E-state index is 0.0149. The zero-order valence-electron chi connectivity index (χ0n) is 20.6. The molecular formula is C27H37N3O2S. The van der Waals surface area contributed by atoms with E-state index in [1.54, 1.807) is 23.8 Å². The highest BCUT2D eigenvalue weighted by atomic mass is 32.2. The van der Waals surface area contributed by atoms with Crippen molar-refractivity contribution in [2.75, 3.05) is 19.6 Å². The molecule has 0 aromatic heterocycles. The van der Waals surface area contributed by atoms with Gasteiger partial charge in [0.15, 0.2) is 0 Å². The molecule has 6 heteroatoms. The number of hydrogen-bond acceptors (Lipinski definition) is 4. The van der Waals surface area contributed by atoms with E-state index in [1.807, 2.05) is 0 Å². The molecule has 33 heavy (non-hydrogen) atoms. The highest BCUT2D eigenvalue weighted by Gasteiger charge is 2.34. The van der Waals surface area contributed by atoms with Crippen molar-refractivity contribution in [1.82, 2.24) is 14.5 Å². The predicted octanol–water partition coefficient (Wildman–Crippen LogP) is 4.93. The topological polar surface area (TPSA) is 52.7 Å². The van der Waals surface area contributed by atoms with Crippen molar-refractivity contribution in [1.29, 1.82) is 0 Å². The number of hydrogen-bond donors (Lipinski definition) is 1. The summed E-state index contributed by atoms with van der Waals surface area (Å²) in [5, 5.41) is 3.13. The normalized spacial score (nSPS) is 16.8. The van der Waals surface area contributed by atoms with Crippen LogP contribution < -0.4 is 5.32 Å². The zero-order chi connectivity index (χ0) is 24.0. The Bertz CT molecular complexity index is 958. The van der Waals surface area contributed by atoms with Crippen LogP contribution in [-0.2, 0) is 22.6 Å². The lowest BCUT2D eigenvalue weighted by Crippen LogP contribution is -2.57. The molecule has 2 aromatic rings. The molecule has 178 valence electrons. The number of amides is 2. The van der Waals surface area contributed by atoms with E-state index < -0.39 is 6.04 Å². The lowest BCUT2D eigenvalue weighted by Gasteiger charge is -2.39. The summed E-state index contributed by atoms with van der Waals surface area (Å²) >= 11 is 1.60. The quantitative estimate of drug-likeness (QED) is 0.560. The first-order chi connectivity index (χ1) is 15.8. The van der Waals surface area contributed by atoms with E-state index in [0.717, 1.165) is 23.3 Å². The molecule has 0 spiro atoms. The Morgan fingerprint density at radius 2 is 1.85 bits per heavy atom. The molecule has 0 saturated carbocycles. The van der Waals surface area contributed by atoms with Crippen LogP contribution in [0.3, 0.4) is 0 Å². The fraction of sp³-hybridized carbons (Fsp3) is 0.481. The molecule has 1 N–H and O–H groups in total. The van der Waals surface area contributed by atoms with E-state index in [4.69, 9.17) is 0 Å². The molecule has 0 bridgehead atoms. The SMILES string of the molecule is CCCc1ccc(CNC(=O)[C@H]2CN(C(C)=O)CCN2Sc2ccc(C(C)C)cc2)c(C)c1. The maximum Gasteiger partial charge on any atom is 0.240 e. The highest BCUT2D eigenvalue weighted by molar-refractivity contribution is 7.97. The van der Waals surface area contributed by atoms with E-state index in [9.17, 15) is 9.59 Å². The summed E-state index contributed by atoms with van der Waals surface area (Å²) in [5.41, 5.74) is 4.97. The standard InChI is InChI=1S/C27H37N3O2S/c1-6-7-22-8-9-24(20(4)16-22)17-28-27(32)26-18-29(21(5)31)14-15-30(26)33-25-12-10-23(11-13-25)19(2)3/h8-13,16,19,26H,6-7,14-15,17-18H2,1-5H3,(H,28,32)/t26-/m1/s1. The molecule has 1 atom stereocenters. The molecule has 1 aliphatic heterocycles. The average Bonchev–Trinajstić information content (AvgIpc) is 2.79. The maximum atomic E-state index is 13.3. The smallest absolute Gasteiger partial charge is 0.240 e. The van der Waals surface area contributed by atoms with Crippen LogP contribution in [0.1, 0.15) is 62.3 Å². The summed E-state index contributed by atoms with van der Waals surface area (Å²) in [7, 11) is 0. The van der Waals surface area contributed by atoms with E-state index in [-0.39, 0.29) is 11.8 Å². The Labute approximate surface area is 203 Å². The van der Waals surface area contributed by atoms with Crippen LogP contribution in [0.5, 0.6) is 0 Å². The van der Waals surface area contributed by atoms with E-state index in [0.29, 0.717) is 32.1 Å². The number of benzene rings is 2. The summed E-state index contributed by atoms with van der Waals surface area (Å²) in [5.74, 6) is 0.464. The summed E-state index contributed by atoms with van der Waals surface area (Å²) in [4.78, 5) is 28.2. The van der Waals surface area contributed by atoms with Crippen molar-refractivity contribution >= 4 is 23.8 Å². The third-order valence-electron chi connectivity index (χ3n) is 6.25. The molecule has 1 fully saturated rings. The van der Waals surface area contributed by atoms with Crippen LogP contribution in [0.25, 0.3) is 0 Å². The Kier molecular flexibility index (Phi) is 8.98. The number of nitrogens with one attached hydrogen (secondary N) is 1. The number of nitrogens with zero attached hydrogens (tertiary/aromatic N) is 2. The van der Waals surface area contributed by atoms with Crippen molar-refractivity contribution in [3.63, 3.8) is 0 Å². The van der Waals surface area contributed by atoms with Crippen molar-refractivity contribution in [2.45, 2.75) is 70.9 Å². The third kappa shape index (κ3) is 6.84. The van der Waals surface area contributed by atoms with E-state index in [2.05, 4.69) is 79.8 Å². The monoisotopic (exact) mass is 467 g/mol. The fourth-order valence-electron chi connectivity index (χ4n) is 4.12. The van der Waals surface area contributed by atoms with Gasteiger partial charge < -0.3 is 10.2 Å². The molecular weight excluding hydrogens is 430 g/mol. The summed E-state index contributed by atoms with van der Waals surface area (Å²) in [6, 6.07) is 14.6. The summed E-state index contributed by atoms with van der Waals surface area (Å²) < 4.78 is 2.12. The summed E-state index contributed by atoms with van der Waals surface area (Å²) in [6.07, 6.45) is 2.19. The minimum atomic E-state index is -0.392. The molecule has 0 radical (unpaired) electrons. The van der Waals surface area contributed by atoms with Gasteiger partial charge in [0.05, 0.1) is 0 Å². The molecule has 1 heterocycles. The van der Waals surface area contributed by atoms with Gasteiger partial charge in [0.1, 0.15) is 6.04 Å². The lowest BCUT2D eigenvalue weighted by molar-refractivity contribution is -0.134. The van der Waals surface area contributed by atoms with Crippen LogP contribution in [0.15, 0.2) is 47.4 Å².